The second-order valence-electron chi connectivity index (χ2n) is 9.47. The molecule has 0 aromatic rings. The topological polar surface area (TPSA) is 29.5 Å². The highest BCUT2D eigenvalue weighted by molar-refractivity contribution is 4.50. The molecule has 0 radical (unpaired) electrons. The third kappa shape index (κ3) is 27.9. The minimum atomic E-state index is 0.367. The van der Waals surface area contributed by atoms with E-state index in [1.807, 2.05) is 0 Å². The Bertz CT molecular complexity index is 252. The minimum absolute atomic E-state index is 0.367. The summed E-state index contributed by atoms with van der Waals surface area (Å²) in [4.78, 5) is 0. The van der Waals surface area contributed by atoms with Crippen molar-refractivity contribution in [2.45, 2.75) is 161 Å². The fraction of sp³-hybridized carbons (Fsp3) is 1.00. The molecule has 0 aliphatic heterocycles. The highest BCUT2D eigenvalue weighted by Crippen LogP contribution is 2.13. The van der Waals surface area contributed by atoms with Crippen LogP contribution in [0.4, 0.5) is 0 Å². The number of hydrogen-bond donors (Lipinski definition) is 1. The first-order valence-electron chi connectivity index (χ1n) is 14.1. The molecule has 0 fully saturated rings. The summed E-state index contributed by atoms with van der Waals surface area (Å²) < 4.78 is 5.81. The molecule has 0 bridgehead atoms. The van der Waals surface area contributed by atoms with E-state index in [1.54, 1.807) is 0 Å². The molecule has 0 aliphatic carbocycles. The van der Waals surface area contributed by atoms with Gasteiger partial charge in [0.15, 0.2) is 0 Å². The lowest BCUT2D eigenvalue weighted by Crippen LogP contribution is -1.97. The van der Waals surface area contributed by atoms with Crippen LogP contribution in [0, 0.1) is 0 Å². The van der Waals surface area contributed by atoms with E-state index >= 15 is 0 Å². The van der Waals surface area contributed by atoms with Crippen LogP contribution < -0.4 is 0 Å². The van der Waals surface area contributed by atoms with E-state index < -0.39 is 0 Å². The predicted molar refractivity (Wildman–Crippen MR) is 134 cm³/mol. The van der Waals surface area contributed by atoms with Crippen LogP contribution in [0.1, 0.15) is 161 Å². The Morgan fingerprint density at radius 2 is 0.633 bits per heavy atom. The van der Waals surface area contributed by atoms with E-state index in [2.05, 4.69) is 6.92 Å². The summed E-state index contributed by atoms with van der Waals surface area (Å²) in [7, 11) is 0. The maximum atomic E-state index is 8.75. The fourth-order valence-corrected chi connectivity index (χ4v) is 4.23. The Kier molecular flexibility index (Phi) is 28.8. The van der Waals surface area contributed by atoms with Gasteiger partial charge in [-0.3, -0.25) is 0 Å². The molecule has 2 heteroatoms. The summed E-state index contributed by atoms with van der Waals surface area (Å²) in [5.41, 5.74) is 0. The summed E-state index contributed by atoms with van der Waals surface area (Å²) in [6.07, 6.45) is 32.8. The van der Waals surface area contributed by atoms with Crippen LogP contribution in [0.5, 0.6) is 0 Å². The van der Waals surface area contributed by atoms with E-state index in [1.165, 1.54) is 148 Å². The molecule has 0 aromatic heterocycles. The lowest BCUT2D eigenvalue weighted by atomic mass is 10.0. The van der Waals surface area contributed by atoms with Gasteiger partial charge in [0.2, 0.25) is 0 Å². The second-order valence-corrected chi connectivity index (χ2v) is 9.47. The normalized spacial score (nSPS) is 11.4. The van der Waals surface area contributed by atoms with Crippen molar-refractivity contribution >= 4 is 0 Å². The van der Waals surface area contributed by atoms with Crippen LogP contribution in [-0.4, -0.2) is 24.9 Å². The van der Waals surface area contributed by atoms with Gasteiger partial charge in [-0.15, -0.1) is 0 Å². The molecule has 0 unspecified atom stereocenters. The van der Waals surface area contributed by atoms with E-state index in [9.17, 15) is 0 Å². The van der Waals surface area contributed by atoms with Gasteiger partial charge in [-0.25, -0.2) is 0 Å². The SMILES string of the molecule is CCCCCCCCCCCCOCCCCCCCCCCCCCCCCO. The molecule has 0 amide bonds. The number of aliphatic hydroxyl groups is 1. The van der Waals surface area contributed by atoms with Crippen molar-refractivity contribution in [3.63, 3.8) is 0 Å². The van der Waals surface area contributed by atoms with Crippen molar-refractivity contribution in [1.82, 2.24) is 0 Å². The number of ether oxygens (including phenoxy) is 1. The third-order valence-corrected chi connectivity index (χ3v) is 6.34. The zero-order valence-electron chi connectivity index (χ0n) is 20.9. The van der Waals surface area contributed by atoms with Crippen molar-refractivity contribution in [3.8, 4) is 0 Å². The lowest BCUT2D eigenvalue weighted by Gasteiger charge is -2.05. The van der Waals surface area contributed by atoms with Crippen LogP contribution in [0.2, 0.25) is 0 Å². The molecule has 182 valence electrons. The zero-order chi connectivity index (χ0) is 21.8. The van der Waals surface area contributed by atoms with Crippen LogP contribution in [0.15, 0.2) is 0 Å². The van der Waals surface area contributed by atoms with Crippen LogP contribution in [0.3, 0.4) is 0 Å². The summed E-state index contributed by atoms with van der Waals surface area (Å²) in [6.45, 7) is 4.62. The van der Waals surface area contributed by atoms with Gasteiger partial charge in [0, 0.05) is 19.8 Å². The van der Waals surface area contributed by atoms with Crippen LogP contribution in [0.25, 0.3) is 0 Å². The summed E-state index contributed by atoms with van der Waals surface area (Å²) in [5.74, 6) is 0. The van der Waals surface area contributed by atoms with Gasteiger partial charge in [0.05, 0.1) is 0 Å². The molecule has 0 atom stereocenters. The first-order chi connectivity index (χ1) is 14.9. The Morgan fingerprint density at radius 1 is 0.367 bits per heavy atom. The van der Waals surface area contributed by atoms with Gasteiger partial charge in [0.25, 0.3) is 0 Å². The van der Waals surface area contributed by atoms with E-state index in [4.69, 9.17) is 9.84 Å². The summed E-state index contributed by atoms with van der Waals surface area (Å²) in [6, 6.07) is 0. The van der Waals surface area contributed by atoms with Gasteiger partial charge in [-0.1, -0.05) is 142 Å². The molecule has 0 aromatic carbocycles. The Balaban J connectivity index is 2.97. The first kappa shape index (κ1) is 29.9. The van der Waals surface area contributed by atoms with Gasteiger partial charge in [0.1, 0.15) is 0 Å². The highest BCUT2D eigenvalue weighted by Gasteiger charge is 1.96. The Hall–Kier alpha value is -0.0800. The molecular formula is C28H58O2. The molecule has 0 saturated carbocycles. The van der Waals surface area contributed by atoms with Gasteiger partial charge in [-0.2, -0.15) is 0 Å². The maximum Gasteiger partial charge on any atom is 0.0466 e. The number of unbranched alkanes of at least 4 members (excludes halogenated alkanes) is 22. The van der Waals surface area contributed by atoms with Crippen LogP contribution >= 0.6 is 0 Å². The average Bonchev–Trinajstić information content (AvgIpc) is 2.76. The van der Waals surface area contributed by atoms with Crippen molar-refractivity contribution in [2.75, 3.05) is 19.8 Å². The average molecular weight is 427 g/mol. The van der Waals surface area contributed by atoms with Crippen molar-refractivity contribution in [2.24, 2.45) is 0 Å². The molecule has 1 N–H and O–H groups in total. The van der Waals surface area contributed by atoms with E-state index in [0.29, 0.717) is 6.61 Å². The fourth-order valence-electron chi connectivity index (χ4n) is 4.23. The monoisotopic (exact) mass is 426 g/mol. The molecule has 30 heavy (non-hydrogen) atoms. The molecule has 0 rings (SSSR count). The van der Waals surface area contributed by atoms with E-state index in [0.717, 1.165) is 19.6 Å². The molecular weight excluding hydrogens is 368 g/mol. The zero-order valence-corrected chi connectivity index (χ0v) is 20.9. The molecule has 0 aliphatic rings. The minimum Gasteiger partial charge on any atom is -0.396 e. The Morgan fingerprint density at radius 3 is 0.933 bits per heavy atom. The molecule has 0 saturated heterocycles. The summed E-state index contributed by atoms with van der Waals surface area (Å²) >= 11 is 0. The largest absolute Gasteiger partial charge is 0.396 e. The number of hydrogen-bond acceptors (Lipinski definition) is 2. The highest BCUT2D eigenvalue weighted by atomic mass is 16.5. The predicted octanol–water partition coefficient (Wildman–Crippen LogP) is 9.38. The van der Waals surface area contributed by atoms with Crippen molar-refractivity contribution < 1.29 is 9.84 Å². The molecule has 0 heterocycles. The maximum absolute atomic E-state index is 8.75. The number of aliphatic hydroxyl groups excluding tert-OH is 1. The third-order valence-electron chi connectivity index (χ3n) is 6.34. The standard InChI is InChI=1S/C28H58O2/c1-2-3-4-5-6-7-15-18-21-24-27-30-28-25-22-19-16-13-11-9-8-10-12-14-17-20-23-26-29/h29H,2-28H2,1H3. The van der Waals surface area contributed by atoms with Gasteiger partial charge >= 0.3 is 0 Å². The molecule has 2 nitrogen and oxygen atoms in total. The smallest absolute Gasteiger partial charge is 0.0466 e. The lowest BCUT2D eigenvalue weighted by molar-refractivity contribution is 0.125. The summed E-state index contributed by atoms with van der Waals surface area (Å²) in [5, 5.41) is 8.75. The quantitative estimate of drug-likeness (QED) is 0.133. The Labute approximate surface area is 191 Å². The second kappa shape index (κ2) is 28.9. The van der Waals surface area contributed by atoms with E-state index in [-0.39, 0.29) is 0 Å². The van der Waals surface area contributed by atoms with Gasteiger partial charge in [-0.05, 0) is 19.3 Å². The first-order valence-corrected chi connectivity index (χ1v) is 14.1. The van der Waals surface area contributed by atoms with Gasteiger partial charge < -0.3 is 9.84 Å². The van der Waals surface area contributed by atoms with Crippen LogP contribution in [-0.2, 0) is 4.74 Å². The molecule has 0 spiro atoms. The van der Waals surface area contributed by atoms with Crippen molar-refractivity contribution in [1.29, 1.82) is 0 Å². The number of rotatable bonds is 27. The van der Waals surface area contributed by atoms with Crippen molar-refractivity contribution in [3.05, 3.63) is 0 Å².